The summed E-state index contributed by atoms with van der Waals surface area (Å²) in [4.78, 5) is 23.4. The number of carbonyl (C=O) groups is 1. The van der Waals surface area contributed by atoms with Gasteiger partial charge in [-0.2, -0.15) is 5.10 Å². The van der Waals surface area contributed by atoms with Crippen LogP contribution in [0.1, 0.15) is 34.5 Å². The van der Waals surface area contributed by atoms with Gasteiger partial charge in [0.05, 0.1) is 12.5 Å². The largest absolute Gasteiger partial charge is 0.615 e. The van der Waals surface area contributed by atoms with Gasteiger partial charge in [0.1, 0.15) is 11.2 Å². The van der Waals surface area contributed by atoms with Crippen LogP contribution < -0.4 is 10.2 Å². The molecule has 8 nitrogen and oxygen atoms in total. The molecular formula is C25H24F2N6O2S. The van der Waals surface area contributed by atoms with E-state index >= 15 is 0 Å². The highest BCUT2D eigenvalue weighted by Crippen LogP contribution is 2.42. The minimum Gasteiger partial charge on any atom is -0.615 e. The molecule has 1 amide bonds. The van der Waals surface area contributed by atoms with E-state index in [1.807, 2.05) is 11.0 Å². The van der Waals surface area contributed by atoms with Gasteiger partial charge in [-0.15, -0.1) is 0 Å². The Bertz CT molecular complexity index is 1440. The zero-order valence-corrected chi connectivity index (χ0v) is 20.6. The zero-order valence-electron chi connectivity index (χ0n) is 19.7. The molecule has 5 rings (SSSR count). The maximum Gasteiger partial charge on any atom is 0.269 e. The number of nitrogens with zero attached hydrogens (tertiary/aromatic N) is 5. The molecule has 1 aliphatic rings. The number of pyridine rings is 2. The second-order valence-corrected chi connectivity index (χ2v) is 9.98. The van der Waals surface area contributed by atoms with Gasteiger partial charge in [-0.05, 0) is 59.4 Å². The highest BCUT2D eigenvalue weighted by Gasteiger charge is 2.27. The number of hydrogen-bond donors (Lipinski definition) is 1. The summed E-state index contributed by atoms with van der Waals surface area (Å²) in [6.07, 6.45) is 5.12. The average Bonchev–Trinajstić information content (AvgIpc) is 3.34. The normalized spacial score (nSPS) is 14.2. The van der Waals surface area contributed by atoms with E-state index in [1.165, 1.54) is 24.0 Å². The smallest absolute Gasteiger partial charge is 0.269 e. The van der Waals surface area contributed by atoms with Crippen LogP contribution in [0.5, 0.6) is 0 Å². The fourth-order valence-electron chi connectivity index (χ4n) is 4.56. The lowest BCUT2D eigenvalue weighted by atomic mass is 9.93. The third-order valence-corrected chi connectivity index (χ3v) is 6.78. The number of carbonyl (C=O) groups excluding carboxylic acids is 1. The van der Waals surface area contributed by atoms with Gasteiger partial charge >= 0.3 is 0 Å². The number of benzene rings is 1. The molecule has 1 aliphatic heterocycles. The predicted octanol–water partition coefficient (Wildman–Crippen LogP) is 4.21. The lowest BCUT2D eigenvalue weighted by Crippen LogP contribution is -2.27. The number of fused-ring (bicyclic) bond motifs is 2. The molecule has 0 bridgehead atoms. The SMILES string of the molecule is CNC(=O)c1cc2cccnc2c(N2CCCc3cc(-c4cnn(C[S+](C)[O-])c4)c(C(F)F)cc32)n1. The third kappa shape index (κ3) is 4.51. The van der Waals surface area contributed by atoms with Crippen LogP contribution in [0.25, 0.3) is 22.0 Å². The fourth-order valence-corrected chi connectivity index (χ4v) is 5.07. The Balaban J connectivity index is 1.65. The van der Waals surface area contributed by atoms with Crippen LogP contribution in [0, 0.1) is 0 Å². The monoisotopic (exact) mass is 510 g/mol. The molecule has 186 valence electrons. The van der Waals surface area contributed by atoms with Crippen LogP contribution in [0.4, 0.5) is 20.3 Å². The number of halogens is 2. The highest BCUT2D eigenvalue weighted by molar-refractivity contribution is 7.89. The Hall–Kier alpha value is -3.57. The summed E-state index contributed by atoms with van der Waals surface area (Å²) in [7, 11) is 1.53. The molecule has 1 N–H and O–H groups in total. The van der Waals surface area contributed by atoms with Crippen LogP contribution in [0.15, 0.2) is 48.9 Å². The maximum atomic E-state index is 14.3. The van der Waals surface area contributed by atoms with Crippen molar-refractivity contribution in [1.82, 2.24) is 25.1 Å². The highest BCUT2D eigenvalue weighted by atomic mass is 32.2. The lowest BCUT2D eigenvalue weighted by Gasteiger charge is -2.32. The number of aromatic nitrogens is 4. The molecule has 1 unspecified atom stereocenters. The molecule has 36 heavy (non-hydrogen) atoms. The van der Waals surface area contributed by atoms with Gasteiger partial charge in [0.2, 0.25) is 0 Å². The topological polar surface area (TPSA) is 99.0 Å². The summed E-state index contributed by atoms with van der Waals surface area (Å²) in [6.45, 7) is 0.547. The van der Waals surface area contributed by atoms with E-state index in [4.69, 9.17) is 0 Å². The molecule has 3 aromatic heterocycles. The molecule has 11 heteroatoms. The summed E-state index contributed by atoms with van der Waals surface area (Å²) in [6, 6.07) is 8.58. The van der Waals surface area contributed by atoms with E-state index in [9.17, 15) is 18.1 Å². The van der Waals surface area contributed by atoms with Gasteiger partial charge in [0.25, 0.3) is 12.3 Å². The van der Waals surface area contributed by atoms with E-state index in [1.54, 1.807) is 36.8 Å². The van der Waals surface area contributed by atoms with E-state index in [2.05, 4.69) is 20.4 Å². The number of alkyl halides is 2. The van der Waals surface area contributed by atoms with E-state index < -0.39 is 17.6 Å². The Morgan fingerprint density at radius 2 is 2.14 bits per heavy atom. The number of aryl methyl sites for hydroxylation is 1. The van der Waals surface area contributed by atoms with E-state index in [0.717, 1.165) is 17.4 Å². The van der Waals surface area contributed by atoms with Gasteiger partial charge in [-0.3, -0.25) is 9.78 Å². The van der Waals surface area contributed by atoms with Crippen molar-refractivity contribution in [2.24, 2.45) is 0 Å². The number of nitrogens with one attached hydrogen (secondary N) is 1. The van der Waals surface area contributed by atoms with Crippen molar-refractivity contribution in [3.05, 3.63) is 65.7 Å². The zero-order chi connectivity index (χ0) is 25.4. The Labute approximate surface area is 209 Å². The molecule has 0 saturated carbocycles. The first-order valence-electron chi connectivity index (χ1n) is 11.4. The van der Waals surface area contributed by atoms with Gasteiger partial charge in [0.15, 0.2) is 11.7 Å². The van der Waals surface area contributed by atoms with Crippen molar-refractivity contribution in [2.45, 2.75) is 25.1 Å². The van der Waals surface area contributed by atoms with Crippen LogP contribution >= 0.6 is 0 Å². The summed E-state index contributed by atoms with van der Waals surface area (Å²) >= 11 is -1.12. The predicted molar refractivity (Wildman–Crippen MR) is 135 cm³/mol. The van der Waals surface area contributed by atoms with Crippen molar-refractivity contribution >= 4 is 39.5 Å². The molecule has 0 spiro atoms. The quantitative estimate of drug-likeness (QED) is 0.390. The summed E-state index contributed by atoms with van der Waals surface area (Å²) in [5.41, 5.74) is 3.15. The van der Waals surface area contributed by atoms with E-state index in [-0.39, 0.29) is 23.0 Å². The Kier molecular flexibility index (Phi) is 6.59. The van der Waals surface area contributed by atoms with Crippen LogP contribution in [0.3, 0.4) is 0 Å². The summed E-state index contributed by atoms with van der Waals surface area (Å²) in [5.74, 6) is 0.308. The maximum absolute atomic E-state index is 14.3. The standard InChI is InChI=1S/C25H24F2N6O2S/c1-28-25(34)20-10-16-5-3-7-29-22(16)24(31-20)33-8-4-6-15-9-18(19(23(26)27)11-21(15)33)17-12-30-32(13-17)14-36(2)35/h3,5,7,9-13,23H,4,6,8,14H2,1-2H3,(H,28,34). The Morgan fingerprint density at radius 1 is 1.31 bits per heavy atom. The summed E-state index contributed by atoms with van der Waals surface area (Å²) < 4.78 is 41.7. The molecule has 4 heterocycles. The first-order chi connectivity index (χ1) is 17.4. The van der Waals surface area contributed by atoms with Gasteiger partial charge in [0, 0.05) is 48.2 Å². The van der Waals surface area contributed by atoms with Gasteiger partial charge in [-0.25, -0.2) is 18.4 Å². The van der Waals surface area contributed by atoms with Crippen LogP contribution in [0.2, 0.25) is 0 Å². The minimum absolute atomic E-state index is 0.127. The second kappa shape index (κ2) is 9.82. The second-order valence-electron chi connectivity index (χ2n) is 8.58. The van der Waals surface area contributed by atoms with Crippen LogP contribution in [-0.2, 0) is 23.5 Å². The van der Waals surface area contributed by atoms with Crippen molar-refractivity contribution < 1.29 is 18.1 Å². The van der Waals surface area contributed by atoms with Crippen LogP contribution in [-0.4, -0.2) is 50.1 Å². The average molecular weight is 511 g/mol. The molecule has 0 saturated heterocycles. The number of anilines is 2. The van der Waals surface area contributed by atoms with Crippen molar-refractivity contribution in [3.8, 4) is 11.1 Å². The molecular weight excluding hydrogens is 486 g/mol. The van der Waals surface area contributed by atoms with E-state index in [0.29, 0.717) is 41.1 Å². The first kappa shape index (κ1) is 24.1. The van der Waals surface area contributed by atoms with Crippen molar-refractivity contribution in [3.63, 3.8) is 0 Å². The van der Waals surface area contributed by atoms with Gasteiger partial charge in [-0.1, -0.05) is 6.07 Å². The van der Waals surface area contributed by atoms with Crippen molar-refractivity contribution in [2.75, 3.05) is 24.7 Å². The Morgan fingerprint density at radius 3 is 2.89 bits per heavy atom. The molecule has 1 aromatic carbocycles. The number of hydrogen-bond acceptors (Lipinski definition) is 6. The fraction of sp³-hybridized carbons (Fsp3) is 0.280. The molecule has 4 aromatic rings. The summed E-state index contributed by atoms with van der Waals surface area (Å²) in [5, 5.41) is 7.52. The molecule has 0 aliphatic carbocycles. The minimum atomic E-state index is -2.72. The lowest BCUT2D eigenvalue weighted by molar-refractivity contribution is 0.0958. The first-order valence-corrected chi connectivity index (χ1v) is 13.1. The third-order valence-electron chi connectivity index (χ3n) is 6.15. The molecule has 0 fully saturated rings. The van der Waals surface area contributed by atoms with Gasteiger partial charge < -0.3 is 14.8 Å². The number of rotatable bonds is 6. The molecule has 0 radical (unpaired) electrons. The number of amides is 1. The van der Waals surface area contributed by atoms with Crippen molar-refractivity contribution in [1.29, 1.82) is 0 Å². The molecule has 1 atom stereocenters.